The molecular weight excluding hydrogens is 196 g/mol. The van der Waals surface area contributed by atoms with E-state index in [0.29, 0.717) is 5.92 Å². The summed E-state index contributed by atoms with van der Waals surface area (Å²) in [6, 6.07) is 6.42. The van der Waals surface area contributed by atoms with Gasteiger partial charge >= 0.3 is 0 Å². The van der Waals surface area contributed by atoms with Crippen LogP contribution in [0.15, 0.2) is 18.2 Å². The predicted molar refractivity (Wildman–Crippen MR) is 67.6 cm³/mol. The molecule has 0 bridgehead atoms. The molecule has 0 aromatic heterocycles. The highest BCUT2D eigenvalue weighted by Crippen LogP contribution is 2.36. The first-order valence-corrected chi connectivity index (χ1v) is 6.44. The van der Waals surface area contributed by atoms with Gasteiger partial charge in [0, 0.05) is 12.2 Å². The molecule has 1 unspecified atom stereocenters. The van der Waals surface area contributed by atoms with Crippen LogP contribution < -0.4 is 5.73 Å². The van der Waals surface area contributed by atoms with Crippen LogP contribution in [0, 0.1) is 0 Å². The summed E-state index contributed by atoms with van der Waals surface area (Å²) in [4.78, 5) is 2.56. The van der Waals surface area contributed by atoms with Crippen molar-refractivity contribution >= 4 is 5.69 Å². The molecule has 3 rings (SSSR count). The molecule has 16 heavy (non-hydrogen) atoms. The molecule has 2 aliphatic rings. The molecule has 1 heterocycles. The second kappa shape index (κ2) is 4.10. The molecule has 1 aliphatic carbocycles. The van der Waals surface area contributed by atoms with Crippen molar-refractivity contribution in [3.63, 3.8) is 0 Å². The Morgan fingerprint density at radius 2 is 2.12 bits per heavy atom. The van der Waals surface area contributed by atoms with Crippen LogP contribution in [-0.4, -0.2) is 24.5 Å². The summed E-state index contributed by atoms with van der Waals surface area (Å²) in [7, 11) is 0. The Morgan fingerprint density at radius 3 is 2.88 bits per heavy atom. The van der Waals surface area contributed by atoms with Crippen molar-refractivity contribution in [1.82, 2.24) is 4.90 Å². The van der Waals surface area contributed by atoms with Crippen molar-refractivity contribution in [2.24, 2.45) is 0 Å². The summed E-state index contributed by atoms with van der Waals surface area (Å²) < 4.78 is 0. The third kappa shape index (κ3) is 1.71. The average Bonchev–Trinajstić information content (AvgIpc) is 2.24. The Bertz CT molecular complexity index is 382. The van der Waals surface area contributed by atoms with Gasteiger partial charge in [0.25, 0.3) is 0 Å². The fraction of sp³-hybridized carbons (Fsp3) is 0.571. The number of hydrogen-bond donors (Lipinski definition) is 1. The summed E-state index contributed by atoms with van der Waals surface area (Å²) in [5, 5.41) is 0. The Labute approximate surface area is 97.4 Å². The number of likely N-dealkylation sites (tertiary alicyclic amines) is 1. The first-order chi connectivity index (χ1) is 7.84. The summed E-state index contributed by atoms with van der Waals surface area (Å²) in [6.45, 7) is 3.80. The standard InChI is InChI=1S/C14H20N2/c15-13-7-2-5-11-4-1-6-12(14(11)13)10-16-8-3-9-16/h2,5,7,12H,1,3-4,6,8-10,15H2. The quantitative estimate of drug-likeness (QED) is 0.769. The van der Waals surface area contributed by atoms with Gasteiger partial charge in [-0.15, -0.1) is 0 Å². The highest BCUT2D eigenvalue weighted by Gasteiger charge is 2.26. The zero-order chi connectivity index (χ0) is 11.0. The van der Waals surface area contributed by atoms with E-state index in [1.54, 1.807) is 0 Å². The monoisotopic (exact) mass is 216 g/mol. The second-order valence-corrected chi connectivity index (χ2v) is 5.16. The molecule has 86 valence electrons. The Balaban J connectivity index is 1.86. The second-order valence-electron chi connectivity index (χ2n) is 5.16. The summed E-state index contributed by atoms with van der Waals surface area (Å²) in [5.74, 6) is 0.685. The zero-order valence-corrected chi connectivity index (χ0v) is 9.78. The first kappa shape index (κ1) is 10.2. The molecule has 2 N–H and O–H groups in total. The van der Waals surface area contributed by atoms with Gasteiger partial charge in [0.05, 0.1) is 0 Å². The van der Waals surface area contributed by atoms with Crippen LogP contribution in [0.2, 0.25) is 0 Å². The average molecular weight is 216 g/mol. The van der Waals surface area contributed by atoms with E-state index >= 15 is 0 Å². The lowest BCUT2D eigenvalue weighted by Gasteiger charge is -2.36. The molecule has 1 aliphatic heterocycles. The Hall–Kier alpha value is -1.02. The van der Waals surface area contributed by atoms with Gasteiger partial charge in [-0.25, -0.2) is 0 Å². The van der Waals surface area contributed by atoms with Crippen LogP contribution >= 0.6 is 0 Å². The lowest BCUT2D eigenvalue weighted by Crippen LogP contribution is -2.40. The Kier molecular flexibility index (Phi) is 2.60. The number of aryl methyl sites for hydroxylation is 1. The van der Waals surface area contributed by atoms with E-state index < -0.39 is 0 Å². The van der Waals surface area contributed by atoms with Crippen LogP contribution in [-0.2, 0) is 6.42 Å². The van der Waals surface area contributed by atoms with Gasteiger partial charge in [0.15, 0.2) is 0 Å². The molecular formula is C14H20N2. The smallest absolute Gasteiger partial charge is 0.0352 e. The number of nitrogen functional groups attached to an aromatic ring is 1. The fourth-order valence-corrected chi connectivity index (χ4v) is 3.09. The van der Waals surface area contributed by atoms with E-state index in [-0.39, 0.29) is 0 Å². The van der Waals surface area contributed by atoms with E-state index in [4.69, 9.17) is 5.73 Å². The van der Waals surface area contributed by atoms with Crippen molar-refractivity contribution in [2.45, 2.75) is 31.6 Å². The number of rotatable bonds is 2. The van der Waals surface area contributed by atoms with Crippen molar-refractivity contribution in [1.29, 1.82) is 0 Å². The summed E-state index contributed by atoms with van der Waals surface area (Å²) in [5.41, 5.74) is 10.1. The Morgan fingerprint density at radius 1 is 1.25 bits per heavy atom. The van der Waals surface area contributed by atoms with E-state index in [1.807, 2.05) is 0 Å². The van der Waals surface area contributed by atoms with Crippen LogP contribution in [0.3, 0.4) is 0 Å². The molecule has 1 aromatic carbocycles. The molecule has 0 spiro atoms. The fourth-order valence-electron chi connectivity index (χ4n) is 3.09. The number of fused-ring (bicyclic) bond motifs is 1. The van der Waals surface area contributed by atoms with Crippen molar-refractivity contribution < 1.29 is 0 Å². The SMILES string of the molecule is Nc1cccc2c1C(CN1CCC1)CCC2. The minimum absolute atomic E-state index is 0.685. The highest BCUT2D eigenvalue weighted by atomic mass is 15.2. The van der Waals surface area contributed by atoms with Gasteiger partial charge in [-0.2, -0.15) is 0 Å². The molecule has 2 heteroatoms. The lowest BCUT2D eigenvalue weighted by molar-refractivity contribution is 0.165. The van der Waals surface area contributed by atoms with Gasteiger partial charge in [0.2, 0.25) is 0 Å². The molecule has 0 saturated carbocycles. The predicted octanol–water partition coefficient (Wildman–Crippen LogP) is 2.39. The largest absolute Gasteiger partial charge is 0.398 e. The summed E-state index contributed by atoms with van der Waals surface area (Å²) in [6.07, 6.45) is 5.24. The third-order valence-electron chi connectivity index (χ3n) is 4.06. The lowest BCUT2D eigenvalue weighted by atomic mass is 9.81. The number of benzene rings is 1. The van der Waals surface area contributed by atoms with Crippen LogP contribution in [0.1, 0.15) is 36.3 Å². The maximum atomic E-state index is 6.15. The van der Waals surface area contributed by atoms with E-state index in [1.165, 1.54) is 56.4 Å². The normalized spacial score (nSPS) is 24.9. The van der Waals surface area contributed by atoms with Crippen LogP contribution in [0.4, 0.5) is 5.69 Å². The number of anilines is 1. The maximum Gasteiger partial charge on any atom is 0.0352 e. The van der Waals surface area contributed by atoms with Crippen LogP contribution in [0.5, 0.6) is 0 Å². The third-order valence-corrected chi connectivity index (χ3v) is 4.06. The summed E-state index contributed by atoms with van der Waals surface area (Å²) >= 11 is 0. The van der Waals surface area contributed by atoms with Crippen molar-refractivity contribution in [2.75, 3.05) is 25.4 Å². The molecule has 0 amide bonds. The minimum atomic E-state index is 0.685. The van der Waals surface area contributed by atoms with E-state index in [0.717, 1.165) is 5.69 Å². The van der Waals surface area contributed by atoms with Gasteiger partial charge in [0.1, 0.15) is 0 Å². The molecule has 1 atom stereocenters. The highest BCUT2D eigenvalue weighted by molar-refractivity contribution is 5.54. The molecule has 0 radical (unpaired) electrons. The van der Waals surface area contributed by atoms with E-state index in [9.17, 15) is 0 Å². The van der Waals surface area contributed by atoms with Crippen molar-refractivity contribution in [3.8, 4) is 0 Å². The van der Waals surface area contributed by atoms with Gasteiger partial charge in [-0.1, -0.05) is 12.1 Å². The van der Waals surface area contributed by atoms with Gasteiger partial charge < -0.3 is 10.6 Å². The molecule has 1 aromatic rings. The first-order valence-electron chi connectivity index (χ1n) is 6.44. The van der Waals surface area contributed by atoms with Crippen molar-refractivity contribution in [3.05, 3.63) is 29.3 Å². The molecule has 1 fully saturated rings. The minimum Gasteiger partial charge on any atom is -0.398 e. The molecule has 1 saturated heterocycles. The van der Waals surface area contributed by atoms with Gasteiger partial charge in [-0.05, 0) is 61.9 Å². The number of hydrogen-bond acceptors (Lipinski definition) is 2. The number of nitrogens with two attached hydrogens (primary N) is 1. The van der Waals surface area contributed by atoms with E-state index in [2.05, 4.69) is 23.1 Å². The van der Waals surface area contributed by atoms with Crippen LogP contribution in [0.25, 0.3) is 0 Å². The van der Waals surface area contributed by atoms with Gasteiger partial charge in [-0.3, -0.25) is 0 Å². The topological polar surface area (TPSA) is 29.3 Å². The maximum absolute atomic E-state index is 6.15. The zero-order valence-electron chi connectivity index (χ0n) is 9.78. The molecule has 2 nitrogen and oxygen atoms in total. The number of nitrogens with zero attached hydrogens (tertiary/aromatic N) is 1.